The van der Waals surface area contributed by atoms with Crippen LogP contribution in [0.3, 0.4) is 0 Å². The molecule has 0 aliphatic rings. The summed E-state index contributed by atoms with van der Waals surface area (Å²) in [5, 5.41) is 4.57. The minimum Gasteiger partial charge on any atom is -0.350 e. The molecule has 3 nitrogen and oxygen atoms in total. The first kappa shape index (κ1) is 11.7. The third-order valence-corrected chi connectivity index (χ3v) is 3.81. The highest BCUT2D eigenvalue weighted by molar-refractivity contribution is 9.09. The number of amides is 1. The van der Waals surface area contributed by atoms with Crippen LogP contribution >= 0.6 is 27.3 Å². The zero-order valence-corrected chi connectivity index (χ0v) is 10.6. The van der Waals surface area contributed by atoms with Gasteiger partial charge >= 0.3 is 0 Å². The Morgan fingerprint density at radius 3 is 2.93 bits per heavy atom. The fraction of sp³-hybridized carbons (Fsp3) is 0.556. The third kappa shape index (κ3) is 3.38. The van der Waals surface area contributed by atoms with Gasteiger partial charge in [-0.15, -0.1) is 11.3 Å². The van der Waals surface area contributed by atoms with Crippen LogP contribution in [0, 0.1) is 5.92 Å². The fourth-order valence-corrected chi connectivity index (χ4v) is 1.54. The molecule has 0 aromatic carbocycles. The lowest BCUT2D eigenvalue weighted by atomic mass is 10.1. The maximum atomic E-state index is 11.4. The minimum absolute atomic E-state index is 0.101. The van der Waals surface area contributed by atoms with Crippen LogP contribution in [0.25, 0.3) is 0 Å². The lowest BCUT2D eigenvalue weighted by Crippen LogP contribution is -2.31. The molecule has 0 radical (unpaired) electrons. The smallest absolute Gasteiger partial charge is 0.270 e. The largest absolute Gasteiger partial charge is 0.350 e. The predicted molar refractivity (Wildman–Crippen MR) is 62.0 cm³/mol. The van der Waals surface area contributed by atoms with Gasteiger partial charge in [-0.25, -0.2) is 4.98 Å². The maximum Gasteiger partial charge on any atom is 0.270 e. The number of hydrogen-bond acceptors (Lipinski definition) is 3. The van der Waals surface area contributed by atoms with Crippen molar-refractivity contribution in [3.8, 4) is 0 Å². The summed E-state index contributed by atoms with van der Waals surface area (Å²) in [6.45, 7) is 4.84. The number of alkyl halides is 1. The molecule has 0 saturated heterocycles. The van der Waals surface area contributed by atoms with E-state index in [4.69, 9.17) is 0 Å². The summed E-state index contributed by atoms with van der Waals surface area (Å²) in [5.74, 6) is 0.405. The SMILES string of the molecule is CC(C)C(Br)CNC(=O)c1cscn1. The van der Waals surface area contributed by atoms with Gasteiger partial charge in [-0.1, -0.05) is 29.8 Å². The maximum absolute atomic E-state index is 11.4. The van der Waals surface area contributed by atoms with Gasteiger partial charge < -0.3 is 5.32 Å². The summed E-state index contributed by atoms with van der Waals surface area (Å²) in [6.07, 6.45) is 0. The Kier molecular flexibility index (Phi) is 4.54. The molecule has 1 heterocycles. The number of halogens is 1. The molecule has 1 N–H and O–H groups in total. The van der Waals surface area contributed by atoms with Crippen molar-refractivity contribution in [1.29, 1.82) is 0 Å². The molecule has 0 fully saturated rings. The highest BCUT2D eigenvalue weighted by atomic mass is 79.9. The number of nitrogens with zero attached hydrogens (tertiary/aromatic N) is 1. The summed E-state index contributed by atoms with van der Waals surface area (Å²) in [6, 6.07) is 0. The molecule has 5 heteroatoms. The standard InChI is InChI=1S/C9H13BrN2OS/c1-6(2)7(10)3-11-9(13)8-4-14-5-12-8/h4-7H,3H2,1-2H3,(H,11,13). The molecule has 1 aromatic rings. The normalized spacial score (nSPS) is 12.9. The second-order valence-electron chi connectivity index (χ2n) is 3.34. The fourth-order valence-electron chi connectivity index (χ4n) is 0.841. The van der Waals surface area contributed by atoms with Crippen LogP contribution < -0.4 is 5.32 Å². The second kappa shape index (κ2) is 5.46. The highest BCUT2D eigenvalue weighted by Crippen LogP contribution is 2.10. The number of nitrogens with one attached hydrogen (secondary N) is 1. The van der Waals surface area contributed by atoms with Crippen LogP contribution in [0.1, 0.15) is 24.3 Å². The molecule has 14 heavy (non-hydrogen) atoms. The van der Waals surface area contributed by atoms with E-state index in [1.54, 1.807) is 10.9 Å². The van der Waals surface area contributed by atoms with E-state index < -0.39 is 0 Å². The Labute approximate surface area is 96.1 Å². The highest BCUT2D eigenvalue weighted by Gasteiger charge is 2.12. The van der Waals surface area contributed by atoms with E-state index in [9.17, 15) is 4.79 Å². The molecular formula is C9H13BrN2OS. The average Bonchev–Trinajstić information content (AvgIpc) is 2.66. The molecule has 0 bridgehead atoms. The van der Waals surface area contributed by atoms with Crippen molar-refractivity contribution in [3.05, 3.63) is 16.6 Å². The van der Waals surface area contributed by atoms with Crippen molar-refractivity contribution in [2.45, 2.75) is 18.7 Å². The van der Waals surface area contributed by atoms with Gasteiger partial charge in [-0.05, 0) is 5.92 Å². The van der Waals surface area contributed by atoms with Crippen LogP contribution in [0.5, 0.6) is 0 Å². The van der Waals surface area contributed by atoms with Crippen LogP contribution in [0.2, 0.25) is 0 Å². The zero-order chi connectivity index (χ0) is 10.6. The molecule has 1 unspecified atom stereocenters. The number of carbonyl (C=O) groups is 1. The molecule has 1 amide bonds. The monoisotopic (exact) mass is 276 g/mol. The van der Waals surface area contributed by atoms with Crippen molar-refractivity contribution in [2.24, 2.45) is 5.92 Å². The average molecular weight is 277 g/mol. The molecule has 78 valence electrons. The van der Waals surface area contributed by atoms with Crippen LogP contribution in [-0.4, -0.2) is 22.3 Å². The third-order valence-electron chi connectivity index (χ3n) is 1.85. The lowest BCUT2D eigenvalue weighted by molar-refractivity contribution is 0.0948. The van der Waals surface area contributed by atoms with Gasteiger partial charge in [0, 0.05) is 16.8 Å². The van der Waals surface area contributed by atoms with Crippen molar-refractivity contribution in [1.82, 2.24) is 10.3 Å². The number of aromatic nitrogens is 1. The molecule has 1 atom stereocenters. The van der Waals surface area contributed by atoms with Crippen LogP contribution in [0.15, 0.2) is 10.9 Å². The molecule has 1 rings (SSSR count). The minimum atomic E-state index is -0.101. The Bertz CT molecular complexity index is 287. The topological polar surface area (TPSA) is 42.0 Å². The Morgan fingerprint density at radius 2 is 2.43 bits per heavy atom. The number of hydrogen-bond donors (Lipinski definition) is 1. The van der Waals surface area contributed by atoms with Crippen molar-refractivity contribution < 1.29 is 4.79 Å². The van der Waals surface area contributed by atoms with E-state index in [1.165, 1.54) is 11.3 Å². The Hall–Kier alpha value is -0.420. The first-order valence-electron chi connectivity index (χ1n) is 4.41. The molecule has 0 aliphatic heterocycles. The summed E-state index contributed by atoms with van der Waals surface area (Å²) < 4.78 is 0. The van der Waals surface area contributed by atoms with Gasteiger partial charge in [-0.3, -0.25) is 4.79 Å². The van der Waals surface area contributed by atoms with Crippen molar-refractivity contribution in [3.63, 3.8) is 0 Å². The van der Waals surface area contributed by atoms with Gasteiger partial charge in [0.25, 0.3) is 5.91 Å². The lowest BCUT2D eigenvalue weighted by Gasteiger charge is -2.13. The summed E-state index contributed by atoms with van der Waals surface area (Å²) in [4.78, 5) is 15.7. The van der Waals surface area contributed by atoms with Gasteiger partial charge in [0.15, 0.2) is 0 Å². The van der Waals surface area contributed by atoms with E-state index in [0.29, 0.717) is 23.0 Å². The first-order valence-corrected chi connectivity index (χ1v) is 6.27. The van der Waals surface area contributed by atoms with E-state index in [-0.39, 0.29) is 5.91 Å². The van der Waals surface area contributed by atoms with Gasteiger partial charge in [0.05, 0.1) is 5.51 Å². The Balaban J connectivity index is 2.36. The molecule has 1 aromatic heterocycles. The van der Waals surface area contributed by atoms with Gasteiger partial charge in [-0.2, -0.15) is 0 Å². The number of rotatable bonds is 4. The van der Waals surface area contributed by atoms with Crippen molar-refractivity contribution >= 4 is 33.2 Å². The molecule has 0 spiro atoms. The molecule has 0 aliphatic carbocycles. The van der Waals surface area contributed by atoms with Gasteiger partial charge in [0.2, 0.25) is 0 Å². The molecule has 0 saturated carbocycles. The van der Waals surface area contributed by atoms with Gasteiger partial charge in [0.1, 0.15) is 5.69 Å². The predicted octanol–water partition coefficient (Wildman–Crippen LogP) is 2.29. The van der Waals surface area contributed by atoms with E-state index in [0.717, 1.165) is 0 Å². The zero-order valence-electron chi connectivity index (χ0n) is 8.16. The van der Waals surface area contributed by atoms with E-state index >= 15 is 0 Å². The Morgan fingerprint density at radius 1 is 1.71 bits per heavy atom. The summed E-state index contributed by atoms with van der Waals surface area (Å²) >= 11 is 4.93. The van der Waals surface area contributed by atoms with E-state index in [1.807, 2.05) is 0 Å². The summed E-state index contributed by atoms with van der Waals surface area (Å²) in [7, 11) is 0. The summed E-state index contributed by atoms with van der Waals surface area (Å²) in [5.41, 5.74) is 2.15. The van der Waals surface area contributed by atoms with Crippen LogP contribution in [0.4, 0.5) is 0 Å². The molecular weight excluding hydrogens is 264 g/mol. The quantitative estimate of drug-likeness (QED) is 0.858. The first-order chi connectivity index (χ1) is 6.61. The second-order valence-corrected chi connectivity index (χ2v) is 5.24. The number of carbonyl (C=O) groups excluding carboxylic acids is 1. The van der Waals surface area contributed by atoms with Crippen molar-refractivity contribution in [2.75, 3.05) is 6.54 Å². The number of thiazole rings is 1. The van der Waals surface area contributed by atoms with Crippen LogP contribution in [-0.2, 0) is 0 Å². The van der Waals surface area contributed by atoms with E-state index in [2.05, 4.69) is 40.1 Å².